The highest BCUT2D eigenvalue weighted by Crippen LogP contribution is 2.40. The fourth-order valence-corrected chi connectivity index (χ4v) is 4.98. The zero-order chi connectivity index (χ0) is 23.3. The topological polar surface area (TPSA) is 111 Å². The lowest BCUT2D eigenvalue weighted by Gasteiger charge is -2.27. The Bertz CT molecular complexity index is 1000. The van der Waals surface area contributed by atoms with Crippen molar-refractivity contribution in [2.24, 2.45) is 11.8 Å². The number of carbonyl (C=O) groups is 3. The van der Waals surface area contributed by atoms with Crippen LogP contribution in [0.5, 0.6) is 11.5 Å². The van der Waals surface area contributed by atoms with Crippen LogP contribution in [0.25, 0.3) is 11.1 Å². The van der Waals surface area contributed by atoms with Crippen LogP contribution in [0.2, 0.25) is 0 Å². The molecule has 0 bridgehead atoms. The molecule has 2 aromatic rings. The second-order valence-electron chi connectivity index (χ2n) is 7.47. The molecule has 0 radical (unpaired) electrons. The number of carboxylic acids is 1. The lowest BCUT2D eigenvalue weighted by Crippen LogP contribution is -2.36. The molecular formula is C23H27NO7S. The van der Waals surface area contributed by atoms with Gasteiger partial charge in [0.15, 0.2) is 11.5 Å². The number of thiophene rings is 1. The quantitative estimate of drug-likeness (QED) is 0.559. The van der Waals surface area contributed by atoms with Gasteiger partial charge in [-0.1, -0.05) is 18.9 Å². The number of nitrogens with one attached hydrogen (secondary N) is 1. The van der Waals surface area contributed by atoms with E-state index in [9.17, 15) is 19.5 Å². The Morgan fingerprint density at radius 3 is 2.41 bits per heavy atom. The fraction of sp³-hybridized carbons (Fsp3) is 0.435. The first kappa shape index (κ1) is 23.6. The number of methoxy groups -OCH3 is 2. The maximum Gasteiger partial charge on any atom is 0.341 e. The third-order valence-corrected chi connectivity index (χ3v) is 6.52. The Labute approximate surface area is 190 Å². The van der Waals surface area contributed by atoms with Crippen molar-refractivity contribution in [3.63, 3.8) is 0 Å². The largest absolute Gasteiger partial charge is 0.493 e. The SMILES string of the molecule is CCOC(=O)c1c(-c2ccc(OC)c(OC)c2)csc1NC(=O)[C@H]1CCCC[C@H]1C(=O)O. The van der Waals surface area contributed by atoms with Gasteiger partial charge in [-0.2, -0.15) is 0 Å². The zero-order valence-corrected chi connectivity index (χ0v) is 19.1. The highest BCUT2D eigenvalue weighted by molar-refractivity contribution is 7.15. The lowest BCUT2D eigenvalue weighted by molar-refractivity contribution is -0.147. The first-order valence-electron chi connectivity index (χ1n) is 10.5. The number of aliphatic carboxylic acids is 1. The summed E-state index contributed by atoms with van der Waals surface area (Å²) < 4.78 is 15.9. The number of rotatable bonds is 8. The molecule has 1 aromatic heterocycles. The van der Waals surface area contributed by atoms with Gasteiger partial charge >= 0.3 is 11.9 Å². The normalized spacial score (nSPS) is 18.0. The van der Waals surface area contributed by atoms with Crippen molar-refractivity contribution in [3.05, 3.63) is 29.1 Å². The number of hydrogen-bond acceptors (Lipinski definition) is 7. The standard InChI is InChI=1S/C23H27NO7S/c1-4-31-23(28)19-16(13-9-10-17(29-2)18(11-13)30-3)12-32-21(19)24-20(25)14-7-5-6-8-15(14)22(26)27/h9-12,14-15H,4-8H2,1-3H3,(H,24,25)(H,26,27)/t14-,15+/m0/s1. The molecule has 9 heteroatoms. The summed E-state index contributed by atoms with van der Waals surface area (Å²) in [6, 6.07) is 5.27. The Balaban J connectivity index is 1.97. The zero-order valence-electron chi connectivity index (χ0n) is 18.3. The summed E-state index contributed by atoms with van der Waals surface area (Å²) in [5.74, 6) is -2.22. The number of benzene rings is 1. The average molecular weight is 462 g/mol. The smallest absolute Gasteiger partial charge is 0.341 e. The van der Waals surface area contributed by atoms with Gasteiger partial charge in [0, 0.05) is 10.9 Å². The molecule has 1 aromatic carbocycles. The minimum Gasteiger partial charge on any atom is -0.493 e. The first-order valence-corrected chi connectivity index (χ1v) is 11.3. The minimum atomic E-state index is -0.965. The molecule has 0 unspecified atom stereocenters. The second kappa shape index (κ2) is 10.5. The van der Waals surface area contributed by atoms with E-state index >= 15 is 0 Å². The third kappa shape index (κ3) is 4.88. The molecule has 0 spiro atoms. The van der Waals surface area contributed by atoms with E-state index in [4.69, 9.17) is 14.2 Å². The van der Waals surface area contributed by atoms with Crippen molar-refractivity contribution in [2.75, 3.05) is 26.1 Å². The summed E-state index contributed by atoms with van der Waals surface area (Å²) in [7, 11) is 3.06. The summed E-state index contributed by atoms with van der Waals surface area (Å²) in [6.07, 6.45) is 2.57. The Kier molecular flexibility index (Phi) is 7.74. The number of amides is 1. The van der Waals surface area contributed by atoms with Crippen LogP contribution in [0, 0.1) is 11.8 Å². The van der Waals surface area contributed by atoms with Crippen LogP contribution in [-0.4, -0.2) is 43.8 Å². The number of anilines is 1. The number of ether oxygens (including phenoxy) is 3. The molecule has 8 nitrogen and oxygen atoms in total. The van der Waals surface area contributed by atoms with Crippen LogP contribution < -0.4 is 14.8 Å². The van der Waals surface area contributed by atoms with Crippen molar-refractivity contribution in [1.82, 2.24) is 0 Å². The second-order valence-corrected chi connectivity index (χ2v) is 8.35. The minimum absolute atomic E-state index is 0.178. The van der Waals surface area contributed by atoms with Crippen LogP contribution in [0.3, 0.4) is 0 Å². The van der Waals surface area contributed by atoms with Gasteiger partial charge in [0.25, 0.3) is 0 Å². The maximum absolute atomic E-state index is 13.0. The van der Waals surface area contributed by atoms with Crippen molar-refractivity contribution in [3.8, 4) is 22.6 Å². The molecule has 1 amide bonds. The van der Waals surface area contributed by atoms with Gasteiger partial charge in [-0.05, 0) is 37.5 Å². The molecule has 3 rings (SSSR count). The molecule has 0 aliphatic heterocycles. The summed E-state index contributed by atoms with van der Waals surface area (Å²) in [5, 5.41) is 14.4. The van der Waals surface area contributed by atoms with E-state index in [1.807, 2.05) is 0 Å². The highest BCUT2D eigenvalue weighted by Gasteiger charge is 2.36. The Morgan fingerprint density at radius 2 is 1.78 bits per heavy atom. The van der Waals surface area contributed by atoms with Crippen LogP contribution in [0.1, 0.15) is 43.0 Å². The fourth-order valence-electron chi connectivity index (χ4n) is 4.02. The van der Waals surface area contributed by atoms with Crippen LogP contribution in [0.4, 0.5) is 5.00 Å². The molecule has 1 aliphatic rings. The summed E-state index contributed by atoms with van der Waals surface area (Å²) >= 11 is 1.20. The van der Waals surface area contributed by atoms with E-state index in [-0.39, 0.29) is 18.1 Å². The average Bonchev–Trinajstić information content (AvgIpc) is 3.22. The molecule has 1 fully saturated rings. The van der Waals surface area contributed by atoms with Crippen LogP contribution in [0.15, 0.2) is 23.6 Å². The number of hydrogen-bond donors (Lipinski definition) is 2. The van der Waals surface area contributed by atoms with Gasteiger partial charge in [0.2, 0.25) is 5.91 Å². The van der Waals surface area contributed by atoms with E-state index in [0.29, 0.717) is 40.5 Å². The van der Waals surface area contributed by atoms with Gasteiger partial charge in [-0.15, -0.1) is 11.3 Å². The van der Waals surface area contributed by atoms with Crippen molar-refractivity contribution < 1.29 is 33.7 Å². The third-order valence-electron chi connectivity index (χ3n) is 5.62. The monoisotopic (exact) mass is 461 g/mol. The molecule has 172 valence electrons. The van der Waals surface area contributed by atoms with E-state index in [0.717, 1.165) is 12.8 Å². The molecule has 32 heavy (non-hydrogen) atoms. The highest BCUT2D eigenvalue weighted by atomic mass is 32.1. The van der Waals surface area contributed by atoms with Gasteiger partial charge in [-0.3, -0.25) is 9.59 Å². The van der Waals surface area contributed by atoms with Crippen LogP contribution in [-0.2, 0) is 14.3 Å². The lowest BCUT2D eigenvalue weighted by atomic mass is 9.79. The number of carbonyl (C=O) groups excluding carboxylic acids is 2. The molecule has 0 saturated heterocycles. The van der Waals surface area contributed by atoms with Gasteiger partial charge in [0.05, 0.1) is 32.7 Å². The Hall–Kier alpha value is -3.07. The van der Waals surface area contributed by atoms with Crippen molar-refractivity contribution in [1.29, 1.82) is 0 Å². The Morgan fingerprint density at radius 1 is 1.09 bits per heavy atom. The van der Waals surface area contributed by atoms with E-state index < -0.39 is 23.8 Å². The van der Waals surface area contributed by atoms with Gasteiger partial charge in [-0.25, -0.2) is 4.79 Å². The van der Waals surface area contributed by atoms with E-state index in [2.05, 4.69) is 5.32 Å². The molecule has 2 atom stereocenters. The van der Waals surface area contributed by atoms with Gasteiger partial charge < -0.3 is 24.6 Å². The van der Waals surface area contributed by atoms with Crippen LogP contribution >= 0.6 is 11.3 Å². The summed E-state index contributed by atoms with van der Waals surface area (Å²) in [6.45, 7) is 1.88. The van der Waals surface area contributed by atoms with Gasteiger partial charge in [0.1, 0.15) is 10.6 Å². The number of esters is 1. The van der Waals surface area contributed by atoms with Crippen molar-refractivity contribution in [2.45, 2.75) is 32.6 Å². The maximum atomic E-state index is 13.0. The predicted molar refractivity (Wildman–Crippen MR) is 121 cm³/mol. The number of carboxylic acid groups (broad SMARTS) is 1. The molecular weight excluding hydrogens is 434 g/mol. The van der Waals surface area contributed by atoms with E-state index in [1.54, 1.807) is 30.5 Å². The summed E-state index contributed by atoms with van der Waals surface area (Å²) in [5.41, 5.74) is 1.52. The predicted octanol–water partition coefficient (Wildman–Crippen LogP) is 4.44. The first-order chi connectivity index (χ1) is 15.4. The van der Waals surface area contributed by atoms with Crippen molar-refractivity contribution >= 4 is 34.2 Å². The summed E-state index contributed by atoms with van der Waals surface area (Å²) in [4.78, 5) is 37.4. The molecule has 1 heterocycles. The molecule has 1 aliphatic carbocycles. The molecule has 2 N–H and O–H groups in total. The molecule has 1 saturated carbocycles. The van der Waals surface area contributed by atoms with E-state index in [1.165, 1.54) is 25.6 Å².